The predicted octanol–water partition coefficient (Wildman–Crippen LogP) is 3.36. The summed E-state index contributed by atoms with van der Waals surface area (Å²) in [5.74, 6) is 0.403. The Morgan fingerprint density at radius 3 is 2.54 bits per heavy atom. The minimum absolute atomic E-state index is 0.0109. The van der Waals surface area contributed by atoms with E-state index in [-0.39, 0.29) is 12.1 Å². The molecule has 8 heteroatoms. The van der Waals surface area contributed by atoms with E-state index in [1.165, 1.54) is 10.7 Å². The molecule has 0 spiro atoms. The lowest BCUT2D eigenvalue weighted by atomic mass is 10.1. The van der Waals surface area contributed by atoms with Crippen LogP contribution < -0.4 is 10.6 Å². The molecular weight excluding hydrogens is 343 g/mol. The number of aliphatic imine (C=N–C) groups is 1. The number of halogens is 3. The Morgan fingerprint density at radius 2 is 2.00 bits per heavy atom. The first-order valence-corrected chi connectivity index (χ1v) is 8.05. The Kier molecular flexibility index (Phi) is 6.07. The van der Waals surface area contributed by atoms with E-state index in [0.29, 0.717) is 18.2 Å². The van der Waals surface area contributed by atoms with Crippen molar-refractivity contribution in [3.63, 3.8) is 0 Å². The molecule has 0 aliphatic heterocycles. The fraction of sp³-hybridized carbons (Fsp3) is 0.333. The molecule has 0 radical (unpaired) electrons. The minimum Gasteiger partial charge on any atom is -0.353 e. The molecule has 2 N–H and O–H groups in total. The van der Waals surface area contributed by atoms with Gasteiger partial charge >= 0.3 is 6.18 Å². The number of benzene rings is 1. The number of nitrogens with zero attached hydrogens (tertiary/aromatic N) is 3. The van der Waals surface area contributed by atoms with Crippen LogP contribution in [0.25, 0.3) is 5.69 Å². The molecule has 0 saturated heterocycles. The van der Waals surface area contributed by atoms with Gasteiger partial charge in [0.1, 0.15) is 0 Å². The van der Waals surface area contributed by atoms with Gasteiger partial charge in [-0.15, -0.1) is 6.58 Å². The zero-order chi connectivity index (χ0) is 19.3. The number of hydrogen-bond acceptors (Lipinski definition) is 2. The van der Waals surface area contributed by atoms with E-state index in [0.717, 1.165) is 17.5 Å². The van der Waals surface area contributed by atoms with Crippen LogP contribution in [0.1, 0.15) is 22.5 Å². The second-order valence-electron chi connectivity index (χ2n) is 5.77. The van der Waals surface area contributed by atoms with Crippen molar-refractivity contribution in [1.29, 1.82) is 0 Å². The van der Waals surface area contributed by atoms with Gasteiger partial charge in [-0.05, 0) is 37.6 Å². The molecule has 1 aromatic carbocycles. The van der Waals surface area contributed by atoms with Gasteiger partial charge in [0.25, 0.3) is 0 Å². The first-order chi connectivity index (χ1) is 12.3. The van der Waals surface area contributed by atoms with E-state index < -0.39 is 11.7 Å². The van der Waals surface area contributed by atoms with Gasteiger partial charge in [-0.25, -0.2) is 4.68 Å². The lowest BCUT2D eigenvalue weighted by molar-refractivity contribution is -0.138. The molecule has 2 aromatic rings. The molecule has 0 bridgehead atoms. The molecular formula is C18H22F3N5. The van der Waals surface area contributed by atoms with Crippen molar-refractivity contribution in [2.24, 2.45) is 4.99 Å². The van der Waals surface area contributed by atoms with Crippen molar-refractivity contribution in [2.75, 3.05) is 13.6 Å². The van der Waals surface area contributed by atoms with Gasteiger partial charge in [0, 0.05) is 25.8 Å². The first kappa shape index (κ1) is 19.6. The SMILES string of the molecule is C=CCNC(=NC)NCc1ccc(-n2nc(C)cc2C)cc1C(F)(F)F. The van der Waals surface area contributed by atoms with Crippen molar-refractivity contribution in [1.82, 2.24) is 20.4 Å². The van der Waals surface area contributed by atoms with E-state index >= 15 is 0 Å². The number of rotatable bonds is 5. The number of hydrogen-bond donors (Lipinski definition) is 2. The fourth-order valence-corrected chi connectivity index (χ4v) is 2.57. The van der Waals surface area contributed by atoms with Crippen LogP contribution in [-0.4, -0.2) is 29.3 Å². The van der Waals surface area contributed by atoms with Gasteiger partial charge in [-0.1, -0.05) is 12.1 Å². The lowest BCUT2D eigenvalue weighted by Crippen LogP contribution is -2.37. The third-order valence-electron chi connectivity index (χ3n) is 3.74. The van der Waals surface area contributed by atoms with Crippen LogP contribution in [-0.2, 0) is 12.7 Å². The third-order valence-corrected chi connectivity index (χ3v) is 3.74. The molecule has 5 nitrogen and oxygen atoms in total. The molecule has 0 saturated carbocycles. The summed E-state index contributed by atoms with van der Waals surface area (Å²) in [6.07, 6.45) is -2.83. The molecule has 2 rings (SSSR count). The third kappa shape index (κ3) is 4.65. The highest BCUT2D eigenvalue weighted by Gasteiger charge is 2.33. The first-order valence-electron chi connectivity index (χ1n) is 8.05. The smallest absolute Gasteiger partial charge is 0.353 e. The largest absolute Gasteiger partial charge is 0.416 e. The maximum absolute atomic E-state index is 13.5. The molecule has 0 aliphatic rings. The van der Waals surface area contributed by atoms with E-state index in [1.54, 1.807) is 33.0 Å². The highest BCUT2D eigenvalue weighted by atomic mass is 19.4. The summed E-state index contributed by atoms with van der Waals surface area (Å²) in [5.41, 5.74) is 1.33. The van der Waals surface area contributed by atoms with E-state index in [1.807, 2.05) is 6.07 Å². The Labute approximate surface area is 150 Å². The summed E-state index contributed by atoms with van der Waals surface area (Å²) < 4.78 is 42.1. The molecule has 0 amide bonds. The van der Waals surface area contributed by atoms with Gasteiger partial charge in [-0.2, -0.15) is 18.3 Å². The second-order valence-corrected chi connectivity index (χ2v) is 5.77. The van der Waals surface area contributed by atoms with Crippen molar-refractivity contribution in [3.8, 4) is 5.69 Å². The molecule has 1 heterocycles. The highest BCUT2D eigenvalue weighted by molar-refractivity contribution is 5.79. The van der Waals surface area contributed by atoms with Gasteiger partial charge in [-0.3, -0.25) is 4.99 Å². The zero-order valence-corrected chi connectivity index (χ0v) is 15.0. The van der Waals surface area contributed by atoms with Crippen molar-refractivity contribution < 1.29 is 13.2 Å². The van der Waals surface area contributed by atoms with E-state index in [9.17, 15) is 13.2 Å². The summed E-state index contributed by atoms with van der Waals surface area (Å²) in [5, 5.41) is 10.0. The standard InChI is InChI=1S/C18H22F3N5/c1-5-8-23-17(22-4)24-11-14-6-7-15(10-16(14)18(19,20)21)26-13(3)9-12(2)25-26/h5-7,9-10H,1,8,11H2,2-4H3,(H2,22,23,24). The molecule has 0 aliphatic carbocycles. The monoisotopic (exact) mass is 365 g/mol. The van der Waals surface area contributed by atoms with Crippen LogP contribution in [0.3, 0.4) is 0 Å². The van der Waals surface area contributed by atoms with Crippen molar-refractivity contribution >= 4 is 5.96 Å². The molecule has 0 atom stereocenters. The van der Waals surface area contributed by atoms with Crippen LogP contribution in [0.15, 0.2) is 41.9 Å². The minimum atomic E-state index is -4.47. The molecule has 1 aromatic heterocycles. The normalized spacial score (nSPS) is 12.2. The summed E-state index contributed by atoms with van der Waals surface area (Å²) in [6.45, 7) is 7.63. The summed E-state index contributed by atoms with van der Waals surface area (Å²) in [6, 6.07) is 6.03. The number of guanidine groups is 1. The summed E-state index contributed by atoms with van der Waals surface area (Å²) in [4.78, 5) is 3.96. The Balaban J connectivity index is 2.32. The van der Waals surface area contributed by atoms with Gasteiger partial charge < -0.3 is 10.6 Å². The molecule has 26 heavy (non-hydrogen) atoms. The number of alkyl halides is 3. The van der Waals surface area contributed by atoms with Crippen molar-refractivity contribution in [2.45, 2.75) is 26.6 Å². The fourth-order valence-electron chi connectivity index (χ4n) is 2.57. The van der Waals surface area contributed by atoms with Gasteiger partial charge in [0.05, 0.1) is 16.9 Å². The summed E-state index contributed by atoms with van der Waals surface area (Å²) in [7, 11) is 1.55. The van der Waals surface area contributed by atoms with Crippen LogP contribution >= 0.6 is 0 Å². The van der Waals surface area contributed by atoms with Crippen LogP contribution in [0.2, 0.25) is 0 Å². The Morgan fingerprint density at radius 1 is 1.27 bits per heavy atom. The number of nitrogens with one attached hydrogen (secondary N) is 2. The average molecular weight is 365 g/mol. The Hall–Kier alpha value is -2.77. The maximum Gasteiger partial charge on any atom is 0.416 e. The molecule has 140 valence electrons. The predicted molar refractivity (Wildman–Crippen MR) is 96.4 cm³/mol. The topological polar surface area (TPSA) is 54.2 Å². The van der Waals surface area contributed by atoms with Gasteiger partial charge in [0.15, 0.2) is 5.96 Å². The van der Waals surface area contributed by atoms with Crippen LogP contribution in [0.5, 0.6) is 0 Å². The average Bonchev–Trinajstić information content (AvgIpc) is 2.92. The van der Waals surface area contributed by atoms with Crippen LogP contribution in [0.4, 0.5) is 13.2 Å². The number of aromatic nitrogens is 2. The maximum atomic E-state index is 13.5. The zero-order valence-electron chi connectivity index (χ0n) is 15.0. The van der Waals surface area contributed by atoms with Gasteiger partial charge in [0.2, 0.25) is 0 Å². The highest BCUT2D eigenvalue weighted by Crippen LogP contribution is 2.33. The van der Waals surface area contributed by atoms with Crippen LogP contribution in [0, 0.1) is 13.8 Å². The number of aryl methyl sites for hydroxylation is 2. The van der Waals surface area contributed by atoms with E-state index in [4.69, 9.17) is 0 Å². The molecule has 0 unspecified atom stereocenters. The quantitative estimate of drug-likeness (QED) is 0.485. The summed E-state index contributed by atoms with van der Waals surface area (Å²) >= 11 is 0. The van der Waals surface area contributed by atoms with Crippen molar-refractivity contribution in [3.05, 3.63) is 59.4 Å². The Bertz CT molecular complexity index is 806. The van der Waals surface area contributed by atoms with E-state index in [2.05, 4.69) is 27.3 Å². The second kappa shape index (κ2) is 8.07. The molecule has 0 fully saturated rings. The lowest BCUT2D eigenvalue weighted by Gasteiger charge is -2.17.